The van der Waals surface area contributed by atoms with Gasteiger partial charge in [0.1, 0.15) is 11.6 Å². The molecular formula is C15H20F2N2O2. The highest BCUT2D eigenvalue weighted by atomic mass is 19.1. The predicted octanol–water partition coefficient (Wildman–Crippen LogP) is 2.25. The number of carbonyl (C=O) groups excluding carboxylic acids is 2. The van der Waals surface area contributed by atoms with Crippen molar-refractivity contribution in [3.63, 3.8) is 0 Å². The van der Waals surface area contributed by atoms with Gasteiger partial charge in [-0.25, -0.2) is 8.78 Å². The second kappa shape index (κ2) is 7.71. The molecule has 0 aliphatic rings. The zero-order valence-corrected chi connectivity index (χ0v) is 12.4. The number of hydrogen-bond donors (Lipinski definition) is 2. The number of amides is 2. The molecule has 116 valence electrons. The summed E-state index contributed by atoms with van der Waals surface area (Å²) in [6.45, 7) is 5.97. The van der Waals surface area contributed by atoms with Gasteiger partial charge in [0.05, 0.1) is 5.56 Å². The van der Waals surface area contributed by atoms with E-state index >= 15 is 0 Å². The average molecular weight is 298 g/mol. The first kappa shape index (κ1) is 17.1. The van der Waals surface area contributed by atoms with Crippen LogP contribution in [0, 0.1) is 17.6 Å². The Hall–Kier alpha value is -1.98. The van der Waals surface area contributed by atoms with Crippen molar-refractivity contribution in [2.45, 2.75) is 33.2 Å². The van der Waals surface area contributed by atoms with Crippen LogP contribution in [-0.4, -0.2) is 24.4 Å². The van der Waals surface area contributed by atoms with Gasteiger partial charge in [0.15, 0.2) is 0 Å². The van der Waals surface area contributed by atoms with Gasteiger partial charge in [-0.2, -0.15) is 0 Å². The van der Waals surface area contributed by atoms with E-state index in [-0.39, 0.29) is 30.5 Å². The van der Waals surface area contributed by atoms with Crippen molar-refractivity contribution in [3.8, 4) is 0 Å². The predicted molar refractivity (Wildman–Crippen MR) is 75.8 cm³/mol. The van der Waals surface area contributed by atoms with Gasteiger partial charge in [-0.3, -0.25) is 9.59 Å². The summed E-state index contributed by atoms with van der Waals surface area (Å²) in [5.41, 5.74) is -0.243. The standard InChI is InChI=1S/C15H20F2N2O2/c1-9(2)10(3)19-14(20)6-7-18-15(21)12-5-4-11(16)8-13(12)17/h4-5,8-10H,6-7H2,1-3H3,(H,18,21)(H,19,20). The first-order valence-electron chi connectivity index (χ1n) is 6.84. The zero-order chi connectivity index (χ0) is 16.0. The van der Waals surface area contributed by atoms with Gasteiger partial charge in [0.25, 0.3) is 5.91 Å². The summed E-state index contributed by atoms with van der Waals surface area (Å²) in [5, 5.41) is 5.23. The number of halogens is 2. The molecule has 1 aromatic rings. The molecule has 0 aliphatic heterocycles. The lowest BCUT2D eigenvalue weighted by molar-refractivity contribution is -0.121. The fourth-order valence-corrected chi connectivity index (χ4v) is 1.55. The minimum Gasteiger partial charge on any atom is -0.353 e. The minimum atomic E-state index is -0.926. The fourth-order valence-electron chi connectivity index (χ4n) is 1.55. The quantitative estimate of drug-likeness (QED) is 0.846. The normalized spacial score (nSPS) is 12.1. The van der Waals surface area contributed by atoms with Gasteiger partial charge in [-0.05, 0) is 25.0 Å². The lowest BCUT2D eigenvalue weighted by Crippen LogP contribution is -2.38. The highest BCUT2D eigenvalue weighted by Gasteiger charge is 2.14. The zero-order valence-electron chi connectivity index (χ0n) is 12.4. The van der Waals surface area contributed by atoms with Crippen molar-refractivity contribution in [3.05, 3.63) is 35.4 Å². The molecule has 21 heavy (non-hydrogen) atoms. The van der Waals surface area contributed by atoms with E-state index in [0.717, 1.165) is 12.1 Å². The Balaban J connectivity index is 2.42. The van der Waals surface area contributed by atoms with E-state index in [2.05, 4.69) is 10.6 Å². The number of nitrogens with one attached hydrogen (secondary N) is 2. The topological polar surface area (TPSA) is 58.2 Å². The second-order valence-electron chi connectivity index (χ2n) is 5.23. The third-order valence-corrected chi connectivity index (χ3v) is 3.20. The number of rotatable bonds is 6. The molecule has 4 nitrogen and oxygen atoms in total. The maximum atomic E-state index is 13.4. The van der Waals surface area contributed by atoms with Gasteiger partial charge in [-0.1, -0.05) is 13.8 Å². The van der Waals surface area contributed by atoms with Crippen LogP contribution in [0.5, 0.6) is 0 Å². The summed E-state index contributed by atoms with van der Waals surface area (Å²) < 4.78 is 26.1. The van der Waals surface area contributed by atoms with E-state index in [1.807, 2.05) is 20.8 Å². The summed E-state index contributed by atoms with van der Waals surface area (Å²) in [6, 6.07) is 2.77. The highest BCUT2D eigenvalue weighted by molar-refractivity contribution is 5.94. The highest BCUT2D eigenvalue weighted by Crippen LogP contribution is 2.09. The second-order valence-corrected chi connectivity index (χ2v) is 5.23. The molecule has 1 unspecified atom stereocenters. The Morgan fingerprint density at radius 2 is 1.86 bits per heavy atom. The van der Waals surface area contributed by atoms with E-state index in [1.54, 1.807) is 0 Å². The number of carbonyl (C=O) groups is 2. The minimum absolute atomic E-state index is 0.0442. The lowest BCUT2D eigenvalue weighted by Gasteiger charge is -2.17. The molecule has 0 saturated heterocycles. The molecule has 1 atom stereocenters. The first-order valence-corrected chi connectivity index (χ1v) is 6.84. The molecule has 0 radical (unpaired) electrons. The van der Waals surface area contributed by atoms with Crippen LogP contribution < -0.4 is 10.6 Å². The molecule has 2 N–H and O–H groups in total. The van der Waals surface area contributed by atoms with E-state index < -0.39 is 17.5 Å². The number of benzene rings is 1. The van der Waals surface area contributed by atoms with Gasteiger partial charge in [0.2, 0.25) is 5.91 Å². The molecule has 0 bridgehead atoms. The van der Waals surface area contributed by atoms with Crippen molar-refractivity contribution in [1.82, 2.24) is 10.6 Å². The molecule has 1 aromatic carbocycles. The summed E-state index contributed by atoms with van der Waals surface area (Å²) in [4.78, 5) is 23.3. The Bertz CT molecular complexity index is 518. The van der Waals surface area contributed by atoms with Crippen LogP contribution in [0.15, 0.2) is 18.2 Å². The van der Waals surface area contributed by atoms with Crippen LogP contribution in [0.25, 0.3) is 0 Å². The monoisotopic (exact) mass is 298 g/mol. The third-order valence-electron chi connectivity index (χ3n) is 3.20. The molecular weight excluding hydrogens is 278 g/mol. The SMILES string of the molecule is CC(C)C(C)NC(=O)CCNC(=O)c1ccc(F)cc1F. The lowest BCUT2D eigenvalue weighted by atomic mass is 10.1. The first-order chi connectivity index (χ1) is 9.81. The van der Waals surface area contributed by atoms with E-state index in [0.29, 0.717) is 12.0 Å². The molecule has 0 spiro atoms. The maximum absolute atomic E-state index is 13.4. The number of hydrogen-bond acceptors (Lipinski definition) is 2. The van der Waals surface area contributed by atoms with Crippen LogP contribution in [-0.2, 0) is 4.79 Å². The van der Waals surface area contributed by atoms with Crippen LogP contribution in [0.2, 0.25) is 0 Å². The summed E-state index contributed by atoms with van der Waals surface area (Å²) in [7, 11) is 0. The molecule has 0 saturated carbocycles. The van der Waals surface area contributed by atoms with Gasteiger partial charge >= 0.3 is 0 Å². The van der Waals surface area contributed by atoms with Crippen molar-refractivity contribution >= 4 is 11.8 Å². The van der Waals surface area contributed by atoms with Crippen LogP contribution >= 0.6 is 0 Å². The summed E-state index contributed by atoms with van der Waals surface area (Å²) in [5.74, 6) is -2.21. The van der Waals surface area contributed by atoms with Crippen molar-refractivity contribution in [2.75, 3.05) is 6.54 Å². The largest absolute Gasteiger partial charge is 0.353 e. The Morgan fingerprint density at radius 1 is 1.19 bits per heavy atom. The molecule has 1 rings (SSSR count). The van der Waals surface area contributed by atoms with Crippen molar-refractivity contribution < 1.29 is 18.4 Å². The van der Waals surface area contributed by atoms with Gasteiger partial charge < -0.3 is 10.6 Å². The molecule has 0 fully saturated rings. The Morgan fingerprint density at radius 3 is 2.43 bits per heavy atom. The van der Waals surface area contributed by atoms with Crippen LogP contribution in [0.3, 0.4) is 0 Å². The molecule has 6 heteroatoms. The van der Waals surface area contributed by atoms with E-state index in [1.165, 1.54) is 0 Å². The molecule has 2 amide bonds. The van der Waals surface area contributed by atoms with Crippen molar-refractivity contribution in [1.29, 1.82) is 0 Å². The Kier molecular flexibility index (Phi) is 6.27. The van der Waals surface area contributed by atoms with Crippen molar-refractivity contribution in [2.24, 2.45) is 5.92 Å². The van der Waals surface area contributed by atoms with Gasteiger partial charge in [0, 0.05) is 25.1 Å². The molecule has 0 aromatic heterocycles. The fraction of sp³-hybridized carbons (Fsp3) is 0.467. The maximum Gasteiger partial charge on any atom is 0.254 e. The molecule has 0 heterocycles. The smallest absolute Gasteiger partial charge is 0.254 e. The third kappa shape index (κ3) is 5.49. The van der Waals surface area contributed by atoms with Crippen LogP contribution in [0.1, 0.15) is 37.6 Å². The summed E-state index contributed by atoms with van der Waals surface area (Å²) >= 11 is 0. The Labute approximate surface area is 122 Å². The van der Waals surface area contributed by atoms with E-state index in [4.69, 9.17) is 0 Å². The van der Waals surface area contributed by atoms with Crippen LogP contribution in [0.4, 0.5) is 8.78 Å². The average Bonchev–Trinajstić information content (AvgIpc) is 2.38. The summed E-state index contributed by atoms with van der Waals surface area (Å²) in [6.07, 6.45) is 0.103. The molecule has 0 aliphatic carbocycles. The van der Waals surface area contributed by atoms with E-state index in [9.17, 15) is 18.4 Å². The van der Waals surface area contributed by atoms with Gasteiger partial charge in [-0.15, -0.1) is 0 Å².